The van der Waals surface area contributed by atoms with E-state index in [1.54, 1.807) is 48.6 Å². The number of amides is 1. The monoisotopic (exact) mass is 290 g/mol. The van der Waals surface area contributed by atoms with Gasteiger partial charge in [-0.3, -0.25) is 4.79 Å². The second kappa shape index (κ2) is 5.96. The maximum absolute atomic E-state index is 12.4. The Morgan fingerprint density at radius 2 is 2.15 bits per heavy atom. The molecule has 0 radical (unpaired) electrons. The molecule has 0 aliphatic heterocycles. The highest BCUT2D eigenvalue weighted by atomic mass is 32.1. The number of carbonyl (C=O) groups is 1. The average molecular weight is 290 g/mol. The number of methoxy groups -OCH3 is 1. The van der Waals surface area contributed by atoms with E-state index in [2.05, 4.69) is 6.07 Å². The van der Waals surface area contributed by atoms with Crippen molar-refractivity contribution < 1.29 is 9.53 Å². The number of hydrogen-bond acceptors (Lipinski definition) is 4. The van der Waals surface area contributed by atoms with Crippen molar-refractivity contribution in [2.75, 3.05) is 19.9 Å². The van der Waals surface area contributed by atoms with Gasteiger partial charge in [-0.15, -0.1) is 11.3 Å². The maximum atomic E-state index is 12.4. The van der Waals surface area contributed by atoms with Crippen LogP contribution in [0.25, 0.3) is 0 Å². The van der Waals surface area contributed by atoms with Gasteiger partial charge in [0.05, 0.1) is 19.2 Å². The van der Waals surface area contributed by atoms with Crippen LogP contribution in [0.2, 0.25) is 0 Å². The van der Waals surface area contributed by atoms with E-state index in [1.165, 1.54) is 10.4 Å². The lowest BCUT2D eigenvalue weighted by atomic mass is 10.1. The van der Waals surface area contributed by atoms with E-state index < -0.39 is 0 Å². The Bertz CT molecular complexity index is 622. The zero-order chi connectivity index (χ0) is 14.7. The summed E-state index contributed by atoms with van der Waals surface area (Å²) >= 11 is 1.66. The number of benzene rings is 1. The molecule has 1 aromatic heterocycles. The molecule has 2 N–H and O–H groups in total. The molecule has 2 aromatic rings. The van der Waals surface area contributed by atoms with E-state index in [0.717, 1.165) is 0 Å². The fourth-order valence-electron chi connectivity index (χ4n) is 1.92. The number of carbonyl (C=O) groups excluding carboxylic acids is 1. The Morgan fingerprint density at radius 1 is 1.40 bits per heavy atom. The van der Waals surface area contributed by atoms with Crippen molar-refractivity contribution in [1.82, 2.24) is 4.90 Å². The van der Waals surface area contributed by atoms with Gasteiger partial charge in [0.25, 0.3) is 5.91 Å². The summed E-state index contributed by atoms with van der Waals surface area (Å²) in [5.74, 6) is 0.564. The molecule has 1 amide bonds. The van der Waals surface area contributed by atoms with Crippen LogP contribution in [0.3, 0.4) is 0 Å². The average Bonchev–Trinajstić information content (AvgIpc) is 2.83. The Hall–Kier alpha value is -2.01. The fraction of sp³-hybridized carbons (Fsp3) is 0.267. The molecule has 0 unspecified atom stereocenters. The van der Waals surface area contributed by atoms with E-state index in [0.29, 0.717) is 23.5 Å². The maximum Gasteiger partial charge on any atom is 0.256 e. The van der Waals surface area contributed by atoms with Gasteiger partial charge < -0.3 is 15.4 Å². The van der Waals surface area contributed by atoms with Crippen LogP contribution in [0.1, 0.15) is 20.8 Å². The van der Waals surface area contributed by atoms with Gasteiger partial charge in [-0.05, 0) is 36.1 Å². The normalized spacial score (nSPS) is 10.3. The second-order valence-electron chi connectivity index (χ2n) is 4.64. The molecule has 1 aromatic carbocycles. The third-order valence-corrected chi connectivity index (χ3v) is 4.19. The van der Waals surface area contributed by atoms with Crippen molar-refractivity contribution in [1.29, 1.82) is 0 Å². The molecule has 0 fully saturated rings. The van der Waals surface area contributed by atoms with Crippen LogP contribution >= 0.6 is 11.3 Å². The number of thiophene rings is 1. The Balaban J connectivity index is 2.16. The summed E-state index contributed by atoms with van der Waals surface area (Å²) in [6.07, 6.45) is 0. The first-order valence-electron chi connectivity index (χ1n) is 6.25. The largest absolute Gasteiger partial charge is 0.497 e. The third-order valence-electron chi connectivity index (χ3n) is 3.18. The van der Waals surface area contributed by atoms with Crippen LogP contribution in [0.5, 0.6) is 5.75 Å². The van der Waals surface area contributed by atoms with Crippen LogP contribution in [0.15, 0.2) is 29.6 Å². The molecule has 2 rings (SSSR count). The van der Waals surface area contributed by atoms with Crippen LogP contribution in [-0.2, 0) is 6.54 Å². The number of nitrogens with two attached hydrogens (primary N) is 1. The van der Waals surface area contributed by atoms with Crippen molar-refractivity contribution >= 4 is 22.9 Å². The van der Waals surface area contributed by atoms with Crippen molar-refractivity contribution in [2.45, 2.75) is 13.5 Å². The SMILES string of the molecule is COc1ccc(C(=O)N(C)Cc2sccc2C)c(N)c1. The minimum Gasteiger partial charge on any atom is -0.497 e. The first kappa shape index (κ1) is 14.4. The highest BCUT2D eigenvalue weighted by molar-refractivity contribution is 7.10. The predicted octanol–water partition coefficient (Wildman–Crippen LogP) is 2.92. The number of nitrogen functional groups attached to an aromatic ring is 1. The van der Waals surface area contributed by atoms with Crippen LogP contribution in [0.4, 0.5) is 5.69 Å². The summed E-state index contributed by atoms with van der Waals surface area (Å²) in [6, 6.07) is 7.17. The van der Waals surface area contributed by atoms with Gasteiger partial charge in [0, 0.05) is 23.7 Å². The highest BCUT2D eigenvalue weighted by Gasteiger charge is 2.16. The summed E-state index contributed by atoms with van der Waals surface area (Å²) < 4.78 is 5.09. The van der Waals surface area contributed by atoms with Gasteiger partial charge in [-0.25, -0.2) is 0 Å². The fourth-order valence-corrected chi connectivity index (χ4v) is 2.88. The molecule has 4 nitrogen and oxygen atoms in total. The molecule has 0 aliphatic carbocycles. The standard InChI is InChI=1S/C15H18N2O2S/c1-10-6-7-20-14(10)9-17(2)15(18)12-5-4-11(19-3)8-13(12)16/h4-8H,9,16H2,1-3H3. The summed E-state index contributed by atoms with van der Waals surface area (Å²) in [6.45, 7) is 2.64. The molecule has 0 saturated carbocycles. The van der Waals surface area contributed by atoms with Crippen molar-refractivity contribution in [3.8, 4) is 5.75 Å². The number of ether oxygens (including phenoxy) is 1. The van der Waals surface area contributed by atoms with Crippen LogP contribution in [-0.4, -0.2) is 25.0 Å². The topological polar surface area (TPSA) is 55.6 Å². The first-order valence-corrected chi connectivity index (χ1v) is 7.13. The minimum atomic E-state index is -0.0852. The number of anilines is 1. The van der Waals surface area contributed by atoms with Crippen molar-refractivity contribution in [3.63, 3.8) is 0 Å². The number of hydrogen-bond donors (Lipinski definition) is 1. The molecule has 0 aliphatic rings. The van der Waals surface area contributed by atoms with Gasteiger partial charge in [-0.1, -0.05) is 0 Å². The third kappa shape index (κ3) is 2.93. The summed E-state index contributed by atoms with van der Waals surface area (Å²) in [4.78, 5) is 15.3. The van der Waals surface area contributed by atoms with E-state index in [1.807, 2.05) is 12.3 Å². The first-order chi connectivity index (χ1) is 9.52. The molecular weight excluding hydrogens is 272 g/mol. The Kier molecular flexibility index (Phi) is 4.29. The van der Waals surface area contributed by atoms with E-state index in [9.17, 15) is 4.79 Å². The van der Waals surface area contributed by atoms with Gasteiger partial charge in [0.15, 0.2) is 0 Å². The molecule has 0 bridgehead atoms. The molecule has 0 atom stereocenters. The quantitative estimate of drug-likeness (QED) is 0.881. The highest BCUT2D eigenvalue weighted by Crippen LogP contribution is 2.23. The lowest BCUT2D eigenvalue weighted by Crippen LogP contribution is -2.26. The second-order valence-corrected chi connectivity index (χ2v) is 5.64. The van der Waals surface area contributed by atoms with Gasteiger partial charge in [-0.2, -0.15) is 0 Å². The van der Waals surface area contributed by atoms with Crippen LogP contribution in [0, 0.1) is 6.92 Å². The zero-order valence-corrected chi connectivity index (χ0v) is 12.7. The van der Waals surface area contributed by atoms with Crippen molar-refractivity contribution in [3.05, 3.63) is 45.6 Å². The molecule has 20 heavy (non-hydrogen) atoms. The lowest BCUT2D eigenvalue weighted by molar-refractivity contribution is 0.0787. The van der Waals surface area contributed by atoms with Crippen molar-refractivity contribution in [2.24, 2.45) is 0 Å². The summed E-state index contributed by atoms with van der Waals surface area (Å²) in [7, 11) is 3.35. The minimum absolute atomic E-state index is 0.0852. The zero-order valence-electron chi connectivity index (χ0n) is 11.8. The number of rotatable bonds is 4. The summed E-state index contributed by atoms with van der Waals surface area (Å²) in [5.41, 5.74) is 8.06. The number of aryl methyl sites for hydroxylation is 1. The number of nitrogens with zero attached hydrogens (tertiary/aromatic N) is 1. The molecule has 106 valence electrons. The van der Waals surface area contributed by atoms with Crippen LogP contribution < -0.4 is 10.5 Å². The Morgan fingerprint density at radius 3 is 2.70 bits per heavy atom. The smallest absolute Gasteiger partial charge is 0.256 e. The lowest BCUT2D eigenvalue weighted by Gasteiger charge is -2.18. The van der Waals surface area contributed by atoms with E-state index in [4.69, 9.17) is 10.5 Å². The van der Waals surface area contributed by atoms with Gasteiger partial charge >= 0.3 is 0 Å². The molecular formula is C15H18N2O2S. The molecule has 0 saturated heterocycles. The van der Waals surface area contributed by atoms with Gasteiger partial charge in [0.1, 0.15) is 5.75 Å². The van der Waals surface area contributed by atoms with E-state index >= 15 is 0 Å². The van der Waals surface area contributed by atoms with Gasteiger partial charge in [0.2, 0.25) is 0 Å². The molecule has 5 heteroatoms. The predicted molar refractivity (Wildman–Crippen MR) is 82.3 cm³/mol. The summed E-state index contributed by atoms with van der Waals surface area (Å²) in [5, 5.41) is 2.03. The van der Waals surface area contributed by atoms with E-state index in [-0.39, 0.29) is 5.91 Å². The molecule has 0 spiro atoms. The Labute approximate surface area is 122 Å². The molecule has 1 heterocycles.